The quantitative estimate of drug-likeness (QED) is 0.535. The number of hydrogen-bond acceptors (Lipinski definition) is 6. The maximum atomic E-state index is 13.1. The van der Waals surface area contributed by atoms with Gasteiger partial charge in [-0.25, -0.2) is 9.50 Å². The Morgan fingerprint density at radius 3 is 2.56 bits per heavy atom. The number of nitrogens with zero attached hydrogens (tertiary/aromatic N) is 6. The van der Waals surface area contributed by atoms with Gasteiger partial charge in [-0.3, -0.25) is 14.2 Å². The van der Waals surface area contributed by atoms with Crippen LogP contribution < -0.4 is 15.8 Å². The van der Waals surface area contributed by atoms with E-state index in [0.717, 1.165) is 60.6 Å². The molecule has 8 heteroatoms. The van der Waals surface area contributed by atoms with Crippen molar-refractivity contribution < 1.29 is 0 Å². The van der Waals surface area contributed by atoms with Crippen LogP contribution in [0.15, 0.2) is 35.4 Å². The van der Waals surface area contributed by atoms with Crippen LogP contribution >= 0.6 is 0 Å². The average molecular weight is 432 g/mol. The van der Waals surface area contributed by atoms with Crippen molar-refractivity contribution in [1.82, 2.24) is 29.3 Å². The SMILES string of the molecule is CCNC1CCN(c2cc(C)c3nc(-c4cc5c(C)nc(C)cn5n4)cc(=O)n3c2)CC1. The van der Waals surface area contributed by atoms with Gasteiger partial charge in [0.05, 0.1) is 34.5 Å². The molecule has 166 valence electrons. The van der Waals surface area contributed by atoms with Gasteiger partial charge in [-0.15, -0.1) is 0 Å². The van der Waals surface area contributed by atoms with Crippen molar-refractivity contribution in [2.24, 2.45) is 0 Å². The van der Waals surface area contributed by atoms with E-state index in [9.17, 15) is 4.79 Å². The van der Waals surface area contributed by atoms with Crippen molar-refractivity contribution in [2.45, 2.75) is 46.6 Å². The second-order valence-corrected chi connectivity index (χ2v) is 8.70. The predicted octanol–water partition coefficient (Wildman–Crippen LogP) is 2.91. The van der Waals surface area contributed by atoms with E-state index >= 15 is 0 Å². The third kappa shape index (κ3) is 3.64. The molecule has 8 nitrogen and oxygen atoms in total. The highest BCUT2D eigenvalue weighted by Crippen LogP contribution is 2.24. The largest absolute Gasteiger partial charge is 0.370 e. The normalized spacial score (nSPS) is 15.2. The summed E-state index contributed by atoms with van der Waals surface area (Å²) in [6, 6.07) is 6.24. The van der Waals surface area contributed by atoms with Crippen LogP contribution in [0.5, 0.6) is 0 Å². The minimum absolute atomic E-state index is 0.0967. The molecule has 0 amide bonds. The Kier molecular flexibility index (Phi) is 5.17. The zero-order chi connectivity index (χ0) is 22.4. The Balaban J connectivity index is 1.52. The van der Waals surface area contributed by atoms with Gasteiger partial charge in [0, 0.05) is 31.4 Å². The number of hydrogen-bond donors (Lipinski definition) is 1. The minimum Gasteiger partial charge on any atom is -0.370 e. The number of pyridine rings is 1. The van der Waals surface area contributed by atoms with Crippen molar-refractivity contribution in [3.05, 3.63) is 57.9 Å². The van der Waals surface area contributed by atoms with E-state index in [4.69, 9.17) is 4.98 Å². The standard InChI is InChI=1S/C24H29N7O/c1-5-25-18-6-8-29(9-7-18)19-10-15(2)24-27-20(12-23(32)30(24)14-19)21-11-22-17(4)26-16(3)13-31(22)28-21/h10-14,18,25H,5-9H2,1-4H3. The number of nitrogens with one attached hydrogen (secondary N) is 1. The Morgan fingerprint density at radius 1 is 1.03 bits per heavy atom. The van der Waals surface area contributed by atoms with E-state index in [2.05, 4.69) is 33.3 Å². The second kappa shape index (κ2) is 8.02. The molecule has 5 heterocycles. The molecule has 0 saturated carbocycles. The molecular formula is C24H29N7O. The van der Waals surface area contributed by atoms with Crippen LogP contribution in [0, 0.1) is 20.8 Å². The lowest BCUT2D eigenvalue weighted by Crippen LogP contribution is -2.42. The maximum Gasteiger partial charge on any atom is 0.258 e. The summed E-state index contributed by atoms with van der Waals surface area (Å²) in [4.78, 5) is 24.8. The van der Waals surface area contributed by atoms with Gasteiger partial charge in [-0.05, 0) is 57.9 Å². The number of aromatic nitrogens is 5. The lowest BCUT2D eigenvalue weighted by molar-refractivity contribution is 0.423. The molecule has 0 spiro atoms. The number of anilines is 1. The van der Waals surface area contributed by atoms with Gasteiger partial charge in [0.25, 0.3) is 5.56 Å². The molecule has 32 heavy (non-hydrogen) atoms. The lowest BCUT2D eigenvalue weighted by Gasteiger charge is -2.34. The van der Waals surface area contributed by atoms with Crippen molar-refractivity contribution in [3.63, 3.8) is 0 Å². The summed E-state index contributed by atoms with van der Waals surface area (Å²) in [5.74, 6) is 0. The third-order valence-corrected chi connectivity index (χ3v) is 6.31. The van der Waals surface area contributed by atoms with Crippen LogP contribution in [0.25, 0.3) is 22.6 Å². The van der Waals surface area contributed by atoms with E-state index in [1.54, 1.807) is 10.5 Å². The fraction of sp³-hybridized carbons (Fsp3) is 0.417. The van der Waals surface area contributed by atoms with Crippen LogP contribution in [-0.4, -0.2) is 49.7 Å². The van der Waals surface area contributed by atoms with Gasteiger partial charge in [0.2, 0.25) is 0 Å². The molecule has 1 N–H and O–H groups in total. The molecule has 0 aliphatic carbocycles. The first-order valence-corrected chi connectivity index (χ1v) is 11.3. The lowest BCUT2D eigenvalue weighted by atomic mass is 10.0. The van der Waals surface area contributed by atoms with E-state index in [1.165, 1.54) is 0 Å². The van der Waals surface area contributed by atoms with Crippen LogP contribution in [0.3, 0.4) is 0 Å². The van der Waals surface area contributed by atoms with Crippen LogP contribution in [0.2, 0.25) is 0 Å². The van der Waals surface area contributed by atoms with E-state index in [1.807, 2.05) is 43.7 Å². The molecule has 5 rings (SSSR count). The minimum atomic E-state index is -0.0967. The van der Waals surface area contributed by atoms with E-state index < -0.39 is 0 Å². The van der Waals surface area contributed by atoms with Gasteiger partial charge < -0.3 is 10.2 Å². The Hall–Kier alpha value is -3.26. The molecule has 1 fully saturated rings. The Labute approximate surface area is 186 Å². The molecule has 1 aliphatic rings. The predicted molar refractivity (Wildman–Crippen MR) is 127 cm³/mol. The first-order valence-electron chi connectivity index (χ1n) is 11.3. The first-order chi connectivity index (χ1) is 15.4. The Bertz CT molecular complexity index is 1360. The van der Waals surface area contributed by atoms with Crippen molar-refractivity contribution in [2.75, 3.05) is 24.5 Å². The molecule has 0 aromatic carbocycles. The van der Waals surface area contributed by atoms with Gasteiger partial charge in [-0.1, -0.05) is 6.92 Å². The van der Waals surface area contributed by atoms with Crippen molar-refractivity contribution in [3.8, 4) is 11.4 Å². The molecule has 4 aromatic rings. The molecule has 0 atom stereocenters. The van der Waals surface area contributed by atoms with Crippen LogP contribution in [0.4, 0.5) is 5.69 Å². The molecule has 0 bridgehead atoms. The smallest absolute Gasteiger partial charge is 0.258 e. The second-order valence-electron chi connectivity index (χ2n) is 8.70. The maximum absolute atomic E-state index is 13.1. The fourth-order valence-electron chi connectivity index (χ4n) is 4.70. The topological polar surface area (TPSA) is 79.8 Å². The van der Waals surface area contributed by atoms with E-state index in [0.29, 0.717) is 23.1 Å². The number of rotatable bonds is 4. The van der Waals surface area contributed by atoms with Crippen LogP contribution in [-0.2, 0) is 0 Å². The summed E-state index contributed by atoms with van der Waals surface area (Å²) in [5.41, 5.74) is 6.60. The summed E-state index contributed by atoms with van der Waals surface area (Å²) < 4.78 is 3.47. The van der Waals surface area contributed by atoms with Gasteiger partial charge in [-0.2, -0.15) is 5.10 Å². The highest BCUT2D eigenvalue weighted by Gasteiger charge is 2.20. The van der Waals surface area contributed by atoms with Crippen LogP contribution in [0.1, 0.15) is 36.7 Å². The molecule has 0 unspecified atom stereocenters. The summed E-state index contributed by atoms with van der Waals surface area (Å²) in [6.07, 6.45) is 6.03. The zero-order valence-corrected chi connectivity index (χ0v) is 19.1. The number of aryl methyl sites for hydroxylation is 3. The number of piperidine rings is 1. The van der Waals surface area contributed by atoms with E-state index in [-0.39, 0.29) is 5.56 Å². The molecular weight excluding hydrogens is 402 g/mol. The summed E-state index contributed by atoms with van der Waals surface area (Å²) in [6.45, 7) is 11.0. The highest BCUT2D eigenvalue weighted by atomic mass is 16.1. The Morgan fingerprint density at radius 2 is 1.81 bits per heavy atom. The monoisotopic (exact) mass is 431 g/mol. The third-order valence-electron chi connectivity index (χ3n) is 6.31. The first kappa shape index (κ1) is 20.6. The summed E-state index contributed by atoms with van der Waals surface area (Å²) >= 11 is 0. The van der Waals surface area contributed by atoms with Gasteiger partial charge in [0.1, 0.15) is 11.3 Å². The molecule has 0 radical (unpaired) electrons. The van der Waals surface area contributed by atoms with Gasteiger partial charge in [0.15, 0.2) is 0 Å². The fourth-order valence-corrected chi connectivity index (χ4v) is 4.70. The molecule has 1 saturated heterocycles. The summed E-state index contributed by atoms with van der Waals surface area (Å²) in [7, 11) is 0. The molecule has 4 aromatic heterocycles. The van der Waals surface area contributed by atoms with Crippen molar-refractivity contribution >= 4 is 16.9 Å². The summed E-state index contributed by atoms with van der Waals surface area (Å²) in [5, 5.41) is 8.19. The highest BCUT2D eigenvalue weighted by molar-refractivity contribution is 5.67. The number of fused-ring (bicyclic) bond motifs is 2. The molecule has 1 aliphatic heterocycles. The zero-order valence-electron chi connectivity index (χ0n) is 19.1. The van der Waals surface area contributed by atoms with Gasteiger partial charge >= 0.3 is 0 Å². The average Bonchev–Trinajstić information content (AvgIpc) is 3.19. The van der Waals surface area contributed by atoms with Crippen molar-refractivity contribution in [1.29, 1.82) is 0 Å².